The number of amides is 1. The fourth-order valence-corrected chi connectivity index (χ4v) is 2.51. The van der Waals surface area contributed by atoms with Crippen molar-refractivity contribution in [2.75, 3.05) is 13.7 Å². The molecule has 0 heterocycles. The first kappa shape index (κ1) is 16.6. The summed E-state index contributed by atoms with van der Waals surface area (Å²) >= 11 is 11.9. The van der Waals surface area contributed by atoms with Gasteiger partial charge in [0.05, 0.1) is 16.1 Å². The standard InChI is InChI=1S/C15H20Cl2N2O2/c1-21-7-6-14(18)15(20)19(11-3-4-11)9-10-2-5-12(16)13(17)8-10/h2,5,8,11,14H,3-4,6-7,9,18H2,1H3. The summed E-state index contributed by atoms with van der Waals surface area (Å²) in [4.78, 5) is 14.3. The largest absolute Gasteiger partial charge is 0.385 e. The van der Waals surface area contributed by atoms with Gasteiger partial charge in [0.25, 0.3) is 0 Å². The van der Waals surface area contributed by atoms with Crippen molar-refractivity contribution in [3.8, 4) is 0 Å². The summed E-state index contributed by atoms with van der Waals surface area (Å²) in [5.74, 6) is -0.0272. The monoisotopic (exact) mass is 330 g/mol. The van der Waals surface area contributed by atoms with Crippen molar-refractivity contribution in [3.63, 3.8) is 0 Å². The van der Waals surface area contributed by atoms with Crippen molar-refractivity contribution in [1.29, 1.82) is 0 Å². The SMILES string of the molecule is COCCC(N)C(=O)N(Cc1ccc(Cl)c(Cl)c1)C1CC1. The molecular weight excluding hydrogens is 311 g/mol. The first-order valence-corrected chi connectivity index (χ1v) is 7.77. The molecule has 4 nitrogen and oxygen atoms in total. The van der Waals surface area contributed by atoms with Crippen LogP contribution in [0.3, 0.4) is 0 Å². The van der Waals surface area contributed by atoms with E-state index in [0.29, 0.717) is 35.7 Å². The lowest BCUT2D eigenvalue weighted by Crippen LogP contribution is -2.45. The average Bonchev–Trinajstić information content (AvgIpc) is 3.29. The number of methoxy groups -OCH3 is 1. The molecule has 0 bridgehead atoms. The number of nitrogens with two attached hydrogens (primary N) is 1. The molecule has 0 saturated heterocycles. The normalized spacial score (nSPS) is 15.8. The number of hydrogen-bond donors (Lipinski definition) is 1. The van der Waals surface area contributed by atoms with Crippen LogP contribution in [0.5, 0.6) is 0 Å². The molecule has 1 atom stereocenters. The Hall–Kier alpha value is -0.810. The fourth-order valence-electron chi connectivity index (χ4n) is 2.19. The van der Waals surface area contributed by atoms with Crippen LogP contribution in [0.2, 0.25) is 10.0 Å². The van der Waals surface area contributed by atoms with E-state index in [1.165, 1.54) is 0 Å². The van der Waals surface area contributed by atoms with Crippen LogP contribution < -0.4 is 5.73 Å². The van der Waals surface area contributed by atoms with Crippen LogP contribution in [-0.4, -0.2) is 36.6 Å². The van der Waals surface area contributed by atoms with Crippen LogP contribution in [0, 0.1) is 0 Å². The van der Waals surface area contributed by atoms with E-state index in [1.807, 2.05) is 11.0 Å². The zero-order valence-corrected chi connectivity index (χ0v) is 13.5. The predicted octanol–water partition coefficient (Wildman–Crippen LogP) is 2.85. The molecule has 1 fully saturated rings. The van der Waals surface area contributed by atoms with E-state index in [9.17, 15) is 4.79 Å². The van der Waals surface area contributed by atoms with Crippen molar-refractivity contribution < 1.29 is 9.53 Å². The second-order valence-electron chi connectivity index (χ2n) is 5.33. The van der Waals surface area contributed by atoms with E-state index in [2.05, 4.69) is 0 Å². The first-order chi connectivity index (χ1) is 10.0. The van der Waals surface area contributed by atoms with E-state index in [1.54, 1.807) is 19.2 Å². The maximum absolute atomic E-state index is 12.5. The van der Waals surface area contributed by atoms with Crippen LogP contribution in [0.15, 0.2) is 18.2 Å². The third kappa shape index (κ3) is 4.58. The quantitative estimate of drug-likeness (QED) is 0.836. The van der Waals surface area contributed by atoms with Crippen LogP contribution in [0.1, 0.15) is 24.8 Å². The molecule has 1 aliphatic carbocycles. The highest BCUT2D eigenvalue weighted by molar-refractivity contribution is 6.42. The van der Waals surface area contributed by atoms with Gasteiger partial charge in [-0.2, -0.15) is 0 Å². The molecule has 1 unspecified atom stereocenters. The molecule has 0 spiro atoms. The molecule has 0 aromatic heterocycles. The molecule has 0 radical (unpaired) electrons. The Morgan fingerprint density at radius 1 is 1.43 bits per heavy atom. The number of nitrogens with zero attached hydrogens (tertiary/aromatic N) is 1. The highest BCUT2D eigenvalue weighted by atomic mass is 35.5. The molecule has 0 aliphatic heterocycles. The van der Waals surface area contributed by atoms with Gasteiger partial charge in [-0.05, 0) is 37.0 Å². The Morgan fingerprint density at radius 2 is 2.14 bits per heavy atom. The maximum Gasteiger partial charge on any atom is 0.240 e. The topological polar surface area (TPSA) is 55.6 Å². The van der Waals surface area contributed by atoms with Gasteiger partial charge in [-0.1, -0.05) is 29.3 Å². The molecule has 1 aromatic carbocycles. The van der Waals surface area contributed by atoms with Gasteiger partial charge in [0, 0.05) is 26.3 Å². The summed E-state index contributed by atoms with van der Waals surface area (Å²) in [7, 11) is 1.60. The molecule has 1 saturated carbocycles. The second-order valence-corrected chi connectivity index (χ2v) is 6.15. The van der Waals surface area contributed by atoms with Gasteiger partial charge in [0.1, 0.15) is 0 Å². The van der Waals surface area contributed by atoms with E-state index in [-0.39, 0.29) is 5.91 Å². The van der Waals surface area contributed by atoms with Crippen LogP contribution in [-0.2, 0) is 16.1 Å². The minimum Gasteiger partial charge on any atom is -0.385 e. The van der Waals surface area contributed by atoms with Gasteiger partial charge in [0.2, 0.25) is 5.91 Å². The molecule has 21 heavy (non-hydrogen) atoms. The van der Waals surface area contributed by atoms with Crippen LogP contribution in [0.4, 0.5) is 0 Å². The minimum absolute atomic E-state index is 0.0272. The summed E-state index contributed by atoms with van der Waals surface area (Å²) in [5, 5.41) is 1.02. The number of carbonyl (C=O) groups excluding carboxylic acids is 1. The fraction of sp³-hybridized carbons (Fsp3) is 0.533. The number of hydrogen-bond acceptors (Lipinski definition) is 3. The number of rotatable bonds is 7. The molecule has 1 aliphatic rings. The van der Waals surface area contributed by atoms with Crippen molar-refractivity contribution in [2.24, 2.45) is 5.73 Å². The number of ether oxygens (including phenoxy) is 1. The number of halogens is 2. The van der Waals surface area contributed by atoms with E-state index >= 15 is 0 Å². The smallest absolute Gasteiger partial charge is 0.240 e. The summed E-state index contributed by atoms with van der Waals surface area (Å²) in [6.45, 7) is 0.999. The molecule has 2 rings (SSSR count). The van der Waals surface area contributed by atoms with Gasteiger partial charge < -0.3 is 15.4 Å². The van der Waals surface area contributed by atoms with Gasteiger partial charge in [-0.25, -0.2) is 0 Å². The lowest BCUT2D eigenvalue weighted by molar-refractivity contribution is -0.134. The van der Waals surface area contributed by atoms with Crippen molar-refractivity contribution in [2.45, 2.75) is 37.9 Å². The van der Waals surface area contributed by atoms with Crippen LogP contribution in [0.25, 0.3) is 0 Å². The predicted molar refractivity (Wildman–Crippen MR) is 84.5 cm³/mol. The van der Waals surface area contributed by atoms with Crippen LogP contribution >= 0.6 is 23.2 Å². The molecule has 6 heteroatoms. The van der Waals surface area contributed by atoms with Crippen molar-refractivity contribution in [3.05, 3.63) is 33.8 Å². The van der Waals surface area contributed by atoms with Crippen molar-refractivity contribution in [1.82, 2.24) is 4.90 Å². The Labute approximate surface area is 135 Å². The second kappa shape index (κ2) is 7.45. The van der Waals surface area contributed by atoms with E-state index in [4.69, 9.17) is 33.7 Å². The summed E-state index contributed by atoms with van der Waals surface area (Å²) in [6.07, 6.45) is 2.59. The highest BCUT2D eigenvalue weighted by Crippen LogP contribution is 2.30. The van der Waals surface area contributed by atoms with E-state index in [0.717, 1.165) is 18.4 Å². The number of carbonyl (C=O) groups is 1. The Balaban J connectivity index is 2.05. The molecule has 116 valence electrons. The zero-order chi connectivity index (χ0) is 15.4. The zero-order valence-electron chi connectivity index (χ0n) is 12.0. The number of benzene rings is 1. The Kier molecular flexibility index (Phi) is 5.88. The highest BCUT2D eigenvalue weighted by Gasteiger charge is 2.34. The van der Waals surface area contributed by atoms with Crippen molar-refractivity contribution >= 4 is 29.1 Å². The van der Waals surface area contributed by atoms with E-state index < -0.39 is 6.04 Å². The Bertz CT molecular complexity index is 506. The average molecular weight is 331 g/mol. The lowest BCUT2D eigenvalue weighted by Gasteiger charge is -2.26. The van der Waals surface area contributed by atoms with Gasteiger partial charge in [-0.3, -0.25) is 4.79 Å². The Morgan fingerprint density at radius 3 is 2.71 bits per heavy atom. The van der Waals surface area contributed by atoms with Gasteiger partial charge >= 0.3 is 0 Å². The maximum atomic E-state index is 12.5. The van der Waals surface area contributed by atoms with Gasteiger partial charge in [0.15, 0.2) is 0 Å². The first-order valence-electron chi connectivity index (χ1n) is 7.02. The van der Waals surface area contributed by atoms with Gasteiger partial charge in [-0.15, -0.1) is 0 Å². The summed E-state index contributed by atoms with van der Waals surface area (Å²) < 4.78 is 4.98. The molecule has 2 N–H and O–H groups in total. The molecule has 1 aromatic rings. The summed E-state index contributed by atoms with van der Waals surface area (Å²) in [6, 6.07) is 5.21. The summed E-state index contributed by atoms with van der Waals surface area (Å²) in [5.41, 5.74) is 6.92. The third-order valence-electron chi connectivity index (χ3n) is 3.56. The molecular formula is C15H20Cl2N2O2. The lowest BCUT2D eigenvalue weighted by atomic mass is 10.1. The molecule has 1 amide bonds. The third-order valence-corrected chi connectivity index (χ3v) is 4.30. The minimum atomic E-state index is -0.520.